The van der Waals surface area contributed by atoms with Gasteiger partial charge in [0.15, 0.2) is 0 Å². The number of carboxylic acids is 1. The molecule has 22 heavy (non-hydrogen) atoms. The zero-order valence-corrected chi connectivity index (χ0v) is 13.0. The van der Waals surface area contributed by atoms with Gasteiger partial charge in [-0.05, 0) is 30.0 Å². The van der Waals surface area contributed by atoms with Crippen molar-refractivity contribution in [1.82, 2.24) is 0 Å². The molecule has 114 valence electrons. The van der Waals surface area contributed by atoms with Gasteiger partial charge in [0, 0.05) is 17.2 Å². The minimum Gasteiger partial charge on any atom is -0.481 e. The summed E-state index contributed by atoms with van der Waals surface area (Å²) >= 11 is 1.57. The van der Waals surface area contributed by atoms with Crippen molar-refractivity contribution in [2.75, 3.05) is 0 Å². The number of hydrogen-bond acceptors (Lipinski definition) is 3. The maximum Gasteiger partial charge on any atom is 0.307 e. The molecule has 1 N–H and O–H groups in total. The molecule has 2 aromatic heterocycles. The lowest BCUT2D eigenvalue weighted by Crippen LogP contribution is -2.23. The van der Waals surface area contributed by atoms with Gasteiger partial charge >= 0.3 is 5.97 Å². The number of aliphatic carboxylic acids is 1. The molecule has 0 aliphatic rings. The Bertz CT molecular complexity index is 661. The quantitative estimate of drug-likeness (QED) is 0.589. The van der Waals surface area contributed by atoms with E-state index in [4.69, 9.17) is 10.8 Å². The van der Waals surface area contributed by atoms with Gasteiger partial charge in [0.05, 0.1) is 12.3 Å². The van der Waals surface area contributed by atoms with Crippen LogP contribution in [0.25, 0.3) is 0 Å². The van der Waals surface area contributed by atoms with Crippen LogP contribution in [0.15, 0.2) is 46.7 Å². The third-order valence-corrected chi connectivity index (χ3v) is 4.55. The van der Waals surface area contributed by atoms with Crippen LogP contribution in [-0.4, -0.2) is 11.1 Å². The summed E-state index contributed by atoms with van der Waals surface area (Å²) in [5.41, 5.74) is 0. The number of allylic oxidation sites excluding steroid dienone is 1. The highest BCUT2D eigenvalue weighted by Gasteiger charge is 2.30. The number of terminal acetylenes is 1. The molecule has 2 rings (SSSR count). The van der Waals surface area contributed by atoms with Crippen molar-refractivity contribution in [3.63, 3.8) is 0 Å². The predicted octanol–water partition coefficient (Wildman–Crippen LogP) is 4.12. The summed E-state index contributed by atoms with van der Waals surface area (Å²) in [6.07, 6.45) is 8.41. The molecule has 0 aromatic carbocycles. The molecule has 0 saturated heterocycles. The van der Waals surface area contributed by atoms with Gasteiger partial charge in [-0.25, -0.2) is 0 Å². The number of carbonyl (C=O) groups is 1. The van der Waals surface area contributed by atoms with E-state index in [1.54, 1.807) is 17.4 Å². The number of rotatable bonds is 8. The standard InChI is InChI=1S/C18H18O3S/c1-3-6-13-9-10-14(21-13)12-16(18(19)20)15(7-4-2)17-8-5-11-22-17/h1,4-5,8-11,15-16H,2,6-7,12H2,(H,19,20). The van der Waals surface area contributed by atoms with Crippen LogP contribution in [0.5, 0.6) is 0 Å². The molecule has 0 aliphatic carbocycles. The highest BCUT2D eigenvalue weighted by Crippen LogP contribution is 2.34. The molecule has 0 spiro atoms. The molecule has 0 fully saturated rings. The third kappa shape index (κ3) is 3.90. The summed E-state index contributed by atoms with van der Waals surface area (Å²) in [5.74, 6) is 2.39. The lowest BCUT2D eigenvalue weighted by atomic mass is 9.85. The van der Waals surface area contributed by atoms with Crippen LogP contribution in [0.4, 0.5) is 0 Å². The van der Waals surface area contributed by atoms with Crippen molar-refractivity contribution in [3.8, 4) is 12.3 Å². The van der Waals surface area contributed by atoms with Crippen LogP contribution in [0.2, 0.25) is 0 Å². The number of thiophene rings is 1. The van der Waals surface area contributed by atoms with Gasteiger partial charge in [-0.15, -0.1) is 24.3 Å². The summed E-state index contributed by atoms with van der Waals surface area (Å²) < 4.78 is 5.62. The van der Waals surface area contributed by atoms with E-state index in [1.165, 1.54) is 0 Å². The zero-order valence-electron chi connectivity index (χ0n) is 12.2. The second-order valence-electron chi connectivity index (χ2n) is 5.04. The average molecular weight is 314 g/mol. The Morgan fingerprint density at radius 2 is 2.23 bits per heavy atom. The summed E-state index contributed by atoms with van der Waals surface area (Å²) in [6.45, 7) is 3.75. The van der Waals surface area contributed by atoms with E-state index >= 15 is 0 Å². The summed E-state index contributed by atoms with van der Waals surface area (Å²) in [6, 6.07) is 7.53. The topological polar surface area (TPSA) is 50.4 Å². The minimum atomic E-state index is -0.824. The Labute approximate surface area is 134 Å². The van der Waals surface area contributed by atoms with Crippen molar-refractivity contribution >= 4 is 17.3 Å². The maximum absolute atomic E-state index is 11.7. The molecule has 2 heterocycles. The highest BCUT2D eigenvalue weighted by molar-refractivity contribution is 7.10. The molecule has 0 amide bonds. The second kappa shape index (κ2) is 7.67. The van der Waals surface area contributed by atoms with E-state index in [9.17, 15) is 9.90 Å². The van der Waals surface area contributed by atoms with Crippen molar-refractivity contribution in [2.24, 2.45) is 5.92 Å². The van der Waals surface area contributed by atoms with Gasteiger partial charge in [-0.1, -0.05) is 18.1 Å². The molecular formula is C18H18O3S. The first-order valence-corrected chi connectivity index (χ1v) is 7.91. The molecule has 2 unspecified atom stereocenters. The number of carboxylic acid groups (broad SMARTS) is 1. The van der Waals surface area contributed by atoms with Crippen molar-refractivity contribution in [3.05, 3.63) is 58.7 Å². The number of furan rings is 1. The highest BCUT2D eigenvalue weighted by atomic mass is 32.1. The Morgan fingerprint density at radius 3 is 2.82 bits per heavy atom. The Balaban J connectivity index is 2.22. The SMILES string of the molecule is C#CCc1ccc(CC(C(=O)O)C(CC=C)c2cccs2)o1. The van der Waals surface area contributed by atoms with Crippen LogP contribution < -0.4 is 0 Å². The Kier molecular flexibility index (Phi) is 5.62. The van der Waals surface area contributed by atoms with Gasteiger partial charge in [0.1, 0.15) is 11.5 Å². The van der Waals surface area contributed by atoms with Crippen LogP contribution >= 0.6 is 11.3 Å². The molecule has 2 atom stereocenters. The summed E-state index contributed by atoms with van der Waals surface area (Å²) in [4.78, 5) is 12.8. The van der Waals surface area contributed by atoms with Crippen LogP contribution in [0.3, 0.4) is 0 Å². The minimum absolute atomic E-state index is 0.101. The van der Waals surface area contributed by atoms with Crippen LogP contribution in [-0.2, 0) is 17.6 Å². The molecule has 0 bridgehead atoms. The second-order valence-corrected chi connectivity index (χ2v) is 6.02. The van der Waals surface area contributed by atoms with E-state index in [2.05, 4.69) is 12.5 Å². The fraction of sp³-hybridized carbons (Fsp3) is 0.278. The van der Waals surface area contributed by atoms with Crippen molar-refractivity contribution in [1.29, 1.82) is 0 Å². The molecular weight excluding hydrogens is 296 g/mol. The molecule has 0 saturated carbocycles. The monoisotopic (exact) mass is 314 g/mol. The van der Waals surface area contributed by atoms with Crippen molar-refractivity contribution < 1.29 is 14.3 Å². The predicted molar refractivity (Wildman–Crippen MR) is 87.9 cm³/mol. The average Bonchev–Trinajstić information content (AvgIpc) is 3.14. The van der Waals surface area contributed by atoms with Gasteiger partial charge in [-0.3, -0.25) is 4.79 Å². The molecule has 0 radical (unpaired) electrons. The lowest BCUT2D eigenvalue weighted by Gasteiger charge is -2.21. The molecule has 2 aromatic rings. The summed E-state index contributed by atoms with van der Waals surface area (Å²) in [5, 5.41) is 11.6. The Hall–Kier alpha value is -2.25. The molecule has 0 aliphatic heterocycles. The van der Waals surface area contributed by atoms with Crippen LogP contribution in [0, 0.1) is 18.3 Å². The van der Waals surface area contributed by atoms with E-state index in [0.717, 1.165) is 4.88 Å². The lowest BCUT2D eigenvalue weighted by molar-refractivity contribution is -0.142. The smallest absolute Gasteiger partial charge is 0.307 e. The first kappa shape index (κ1) is 16.1. The van der Waals surface area contributed by atoms with Gasteiger partial charge in [-0.2, -0.15) is 0 Å². The van der Waals surface area contributed by atoms with E-state index in [1.807, 2.05) is 29.6 Å². The van der Waals surface area contributed by atoms with Gasteiger partial charge in [0.2, 0.25) is 0 Å². The van der Waals surface area contributed by atoms with E-state index in [-0.39, 0.29) is 5.92 Å². The fourth-order valence-electron chi connectivity index (χ4n) is 2.51. The largest absolute Gasteiger partial charge is 0.481 e. The zero-order chi connectivity index (χ0) is 15.9. The number of hydrogen-bond donors (Lipinski definition) is 1. The first-order valence-electron chi connectivity index (χ1n) is 7.03. The third-order valence-electron chi connectivity index (χ3n) is 3.55. The Morgan fingerprint density at radius 1 is 1.45 bits per heavy atom. The molecule has 4 heteroatoms. The van der Waals surface area contributed by atoms with Crippen LogP contribution in [0.1, 0.15) is 28.7 Å². The normalized spacial score (nSPS) is 13.2. The molecule has 3 nitrogen and oxygen atoms in total. The first-order chi connectivity index (χ1) is 10.7. The van der Waals surface area contributed by atoms with E-state index in [0.29, 0.717) is 30.8 Å². The summed E-state index contributed by atoms with van der Waals surface area (Å²) in [7, 11) is 0. The van der Waals surface area contributed by atoms with Gasteiger partial charge in [0.25, 0.3) is 0 Å². The fourth-order valence-corrected chi connectivity index (χ4v) is 3.41. The maximum atomic E-state index is 11.7. The van der Waals surface area contributed by atoms with Crippen molar-refractivity contribution in [2.45, 2.75) is 25.2 Å². The van der Waals surface area contributed by atoms with Gasteiger partial charge < -0.3 is 9.52 Å². The van der Waals surface area contributed by atoms with E-state index < -0.39 is 11.9 Å².